The van der Waals surface area contributed by atoms with E-state index in [0.29, 0.717) is 22.4 Å². The Balaban J connectivity index is 1.68. The molecule has 0 saturated carbocycles. The van der Waals surface area contributed by atoms with Gasteiger partial charge in [-0.15, -0.1) is 0 Å². The Kier molecular flexibility index (Phi) is 5.27. The molecule has 1 amide bonds. The molecule has 1 saturated heterocycles. The molecule has 3 rings (SSSR count). The van der Waals surface area contributed by atoms with Crippen molar-refractivity contribution >= 4 is 29.1 Å². The first-order chi connectivity index (χ1) is 11.7. The Hall–Kier alpha value is -2.18. The maximum Gasteiger partial charge on any atom is 0.274 e. The first-order valence-electron chi connectivity index (χ1n) is 8.03. The number of halogens is 1. The number of likely N-dealkylation sites (N-methyl/N-ethyl adjacent to an activating group) is 1. The Bertz CT molecular complexity index is 698. The molecule has 0 radical (unpaired) electrons. The summed E-state index contributed by atoms with van der Waals surface area (Å²) in [4.78, 5) is 25.6. The zero-order valence-electron chi connectivity index (χ0n) is 13.6. The zero-order chi connectivity index (χ0) is 16.9. The Morgan fingerprint density at radius 3 is 2.54 bits per heavy atom. The summed E-state index contributed by atoms with van der Waals surface area (Å²) in [5.41, 5.74) is 1.04. The fourth-order valence-corrected chi connectivity index (χ4v) is 2.75. The summed E-state index contributed by atoms with van der Waals surface area (Å²) >= 11 is 5.85. The van der Waals surface area contributed by atoms with Gasteiger partial charge < -0.3 is 15.1 Å². The molecule has 24 heavy (non-hydrogen) atoms. The van der Waals surface area contributed by atoms with E-state index in [1.807, 2.05) is 0 Å². The fraction of sp³-hybridized carbons (Fsp3) is 0.353. The molecule has 0 atom stereocenters. The van der Waals surface area contributed by atoms with Crippen LogP contribution >= 0.6 is 11.6 Å². The highest BCUT2D eigenvalue weighted by Crippen LogP contribution is 2.15. The molecule has 1 aliphatic heterocycles. The molecule has 2 heterocycles. The van der Waals surface area contributed by atoms with Crippen LogP contribution in [0, 0.1) is 0 Å². The highest BCUT2D eigenvalue weighted by atomic mass is 35.5. The number of carbonyl (C=O) groups is 1. The molecule has 7 heteroatoms. The maximum atomic E-state index is 12.4. The van der Waals surface area contributed by atoms with Crippen LogP contribution in [-0.2, 0) is 0 Å². The van der Waals surface area contributed by atoms with Gasteiger partial charge in [0.25, 0.3) is 5.91 Å². The maximum absolute atomic E-state index is 12.4. The molecule has 0 spiro atoms. The summed E-state index contributed by atoms with van der Waals surface area (Å²) in [6.07, 6.45) is 1.63. The van der Waals surface area contributed by atoms with Crippen molar-refractivity contribution in [3.8, 4) is 0 Å². The number of nitrogens with one attached hydrogen (secondary N) is 1. The van der Waals surface area contributed by atoms with Gasteiger partial charge in [0, 0.05) is 43.1 Å². The average Bonchev–Trinajstić information content (AvgIpc) is 2.64. The second kappa shape index (κ2) is 7.59. The number of anilines is 2. The number of rotatable bonds is 4. The van der Waals surface area contributed by atoms with Crippen LogP contribution < -0.4 is 10.2 Å². The molecule has 1 N–H and O–H groups in total. The Morgan fingerprint density at radius 2 is 1.88 bits per heavy atom. The number of amides is 1. The molecular formula is C17H20ClN5O. The monoisotopic (exact) mass is 345 g/mol. The van der Waals surface area contributed by atoms with Crippen LogP contribution in [0.25, 0.3) is 0 Å². The lowest BCUT2D eigenvalue weighted by Crippen LogP contribution is -2.46. The number of piperazine rings is 1. The number of nitrogens with zero attached hydrogens (tertiary/aromatic N) is 4. The number of carbonyl (C=O) groups excluding carboxylic acids is 1. The summed E-state index contributed by atoms with van der Waals surface area (Å²) < 4.78 is 0. The Morgan fingerprint density at radius 1 is 1.17 bits per heavy atom. The normalized spacial score (nSPS) is 15.3. The van der Waals surface area contributed by atoms with E-state index in [0.717, 1.165) is 32.7 Å². The lowest BCUT2D eigenvalue weighted by atomic mass is 10.3. The van der Waals surface area contributed by atoms with Crippen molar-refractivity contribution in [1.29, 1.82) is 0 Å². The largest absolute Gasteiger partial charge is 0.338 e. The number of aromatic nitrogens is 2. The van der Waals surface area contributed by atoms with Crippen LogP contribution in [0.3, 0.4) is 0 Å². The second-order valence-electron chi connectivity index (χ2n) is 5.62. The summed E-state index contributed by atoms with van der Waals surface area (Å²) in [6.45, 7) is 6.93. The van der Waals surface area contributed by atoms with Gasteiger partial charge in [0.2, 0.25) is 5.95 Å². The van der Waals surface area contributed by atoms with Gasteiger partial charge in [0.05, 0.1) is 0 Å². The summed E-state index contributed by atoms with van der Waals surface area (Å²) in [6, 6.07) is 8.60. The second-order valence-corrected chi connectivity index (χ2v) is 6.06. The first kappa shape index (κ1) is 16.7. The summed E-state index contributed by atoms with van der Waals surface area (Å²) in [5.74, 6) is 0.350. The van der Waals surface area contributed by atoms with Crippen molar-refractivity contribution in [3.63, 3.8) is 0 Å². The van der Waals surface area contributed by atoms with Gasteiger partial charge in [-0.05, 0) is 36.9 Å². The van der Waals surface area contributed by atoms with E-state index in [1.54, 1.807) is 36.5 Å². The molecule has 6 nitrogen and oxygen atoms in total. The predicted octanol–water partition coefficient (Wildman–Crippen LogP) is 2.52. The molecule has 1 fully saturated rings. The predicted molar refractivity (Wildman–Crippen MR) is 95.8 cm³/mol. The van der Waals surface area contributed by atoms with Crippen molar-refractivity contribution in [2.75, 3.05) is 42.9 Å². The quantitative estimate of drug-likeness (QED) is 0.922. The van der Waals surface area contributed by atoms with Gasteiger partial charge in [0.1, 0.15) is 5.69 Å². The third-order valence-corrected chi connectivity index (χ3v) is 4.33. The molecule has 126 valence electrons. The summed E-state index contributed by atoms with van der Waals surface area (Å²) in [7, 11) is 0. The van der Waals surface area contributed by atoms with Crippen LogP contribution in [0.1, 0.15) is 17.4 Å². The lowest BCUT2D eigenvalue weighted by Gasteiger charge is -2.34. The molecule has 1 aliphatic rings. The van der Waals surface area contributed by atoms with Crippen molar-refractivity contribution in [1.82, 2.24) is 14.9 Å². The number of hydrogen-bond acceptors (Lipinski definition) is 5. The van der Waals surface area contributed by atoms with E-state index in [2.05, 4.69) is 32.0 Å². The minimum Gasteiger partial charge on any atom is -0.338 e. The van der Waals surface area contributed by atoms with E-state index in [1.165, 1.54) is 0 Å². The molecular weight excluding hydrogens is 326 g/mol. The van der Waals surface area contributed by atoms with Crippen molar-refractivity contribution in [3.05, 3.63) is 47.2 Å². The van der Waals surface area contributed by atoms with Crippen molar-refractivity contribution in [2.45, 2.75) is 6.92 Å². The van der Waals surface area contributed by atoms with Crippen LogP contribution in [0.2, 0.25) is 5.02 Å². The van der Waals surface area contributed by atoms with Gasteiger partial charge in [-0.25, -0.2) is 9.97 Å². The zero-order valence-corrected chi connectivity index (χ0v) is 14.3. The molecule has 1 aromatic heterocycles. The van der Waals surface area contributed by atoms with Crippen LogP contribution in [-0.4, -0.2) is 53.5 Å². The molecule has 0 unspecified atom stereocenters. The van der Waals surface area contributed by atoms with Gasteiger partial charge in [-0.3, -0.25) is 4.79 Å². The van der Waals surface area contributed by atoms with Gasteiger partial charge >= 0.3 is 0 Å². The standard InChI is InChI=1S/C17H20ClN5O/c1-2-22-9-11-23(12-10-22)17-19-8-7-15(21-17)16(24)20-14-5-3-13(18)4-6-14/h3-8H,2,9-12H2,1H3,(H,20,24). The van der Waals surface area contributed by atoms with Gasteiger partial charge in [0.15, 0.2) is 0 Å². The highest BCUT2D eigenvalue weighted by Gasteiger charge is 2.19. The third-order valence-electron chi connectivity index (χ3n) is 4.08. The number of hydrogen-bond donors (Lipinski definition) is 1. The van der Waals surface area contributed by atoms with E-state index >= 15 is 0 Å². The van der Waals surface area contributed by atoms with Crippen molar-refractivity contribution < 1.29 is 4.79 Å². The van der Waals surface area contributed by atoms with E-state index in [-0.39, 0.29) is 5.91 Å². The highest BCUT2D eigenvalue weighted by molar-refractivity contribution is 6.30. The first-order valence-corrected chi connectivity index (χ1v) is 8.41. The third kappa shape index (κ3) is 4.01. The lowest BCUT2D eigenvalue weighted by molar-refractivity contribution is 0.102. The fourth-order valence-electron chi connectivity index (χ4n) is 2.62. The molecule has 0 bridgehead atoms. The van der Waals surface area contributed by atoms with Crippen LogP contribution in [0.4, 0.5) is 11.6 Å². The van der Waals surface area contributed by atoms with Gasteiger partial charge in [-0.2, -0.15) is 0 Å². The molecule has 2 aromatic rings. The van der Waals surface area contributed by atoms with E-state index < -0.39 is 0 Å². The van der Waals surface area contributed by atoms with E-state index in [4.69, 9.17) is 11.6 Å². The average molecular weight is 346 g/mol. The van der Waals surface area contributed by atoms with E-state index in [9.17, 15) is 4.79 Å². The van der Waals surface area contributed by atoms with Crippen molar-refractivity contribution in [2.24, 2.45) is 0 Å². The van der Waals surface area contributed by atoms with Gasteiger partial charge in [-0.1, -0.05) is 18.5 Å². The van der Waals surface area contributed by atoms with Crippen LogP contribution in [0.15, 0.2) is 36.5 Å². The smallest absolute Gasteiger partial charge is 0.274 e. The SMILES string of the molecule is CCN1CCN(c2nccc(C(=O)Nc3ccc(Cl)cc3)n2)CC1. The van der Waals surface area contributed by atoms with Crippen LogP contribution in [0.5, 0.6) is 0 Å². The molecule has 1 aromatic carbocycles. The summed E-state index contributed by atoms with van der Waals surface area (Å²) in [5, 5.41) is 3.45. The minimum absolute atomic E-state index is 0.256. The number of benzene rings is 1. The minimum atomic E-state index is -0.256. The molecule has 0 aliphatic carbocycles. The topological polar surface area (TPSA) is 61.4 Å². The Labute approximate surface area is 146 Å².